The van der Waals surface area contributed by atoms with Crippen molar-refractivity contribution >= 4 is 28.8 Å². The molecular weight excluding hydrogens is 206 g/mol. The SMILES string of the molecule is O=C(O)C=CC(=O)NC1CCSC1=O. The van der Waals surface area contributed by atoms with Gasteiger partial charge in [0.25, 0.3) is 0 Å². The zero-order valence-corrected chi connectivity index (χ0v) is 8.04. The molecule has 1 aliphatic rings. The molecule has 0 aromatic rings. The molecule has 0 spiro atoms. The monoisotopic (exact) mass is 215 g/mol. The van der Waals surface area contributed by atoms with Crippen LogP contribution in [-0.4, -0.2) is 33.9 Å². The summed E-state index contributed by atoms with van der Waals surface area (Å²) in [5.41, 5.74) is 0. The Bertz CT molecular complexity index is 300. The van der Waals surface area contributed by atoms with Crippen molar-refractivity contribution in [3.8, 4) is 0 Å². The van der Waals surface area contributed by atoms with Gasteiger partial charge in [-0.25, -0.2) is 4.79 Å². The number of amides is 1. The molecule has 1 atom stereocenters. The number of carbonyl (C=O) groups is 3. The topological polar surface area (TPSA) is 83.5 Å². The fourth-order valence-corrected chi connectivity index (χ4v) is 1.93. The van der Waals surface area contributed by atoms with Crippen LogP contribution in [0.4, 0.5) is 0 Å². The summed E-state index contributed by atoms with van der Waals surface area (Å²) in [6.45, 7) is 0. The fraction of sp³-hybridized carbons (Fsp3) is 0.375. The maximum absolute atomic E-state index is 11.1. The summed E-state index contributed by atoms with van der Waals surface area (Å²) in [4.78, 5) is 32.1. The second kappa shape index (κ2) is 4.80. The highest BCUT2D eigenvalue weighted by Crippen LogP contribution is 2.19. The molecule has 0 aliphatic carbocycles. The minimum Gasteiger partial charge on any atom is -0.478 e. The number of hydrogen-bond donors (Lipinski definition) is 2. The summed E-state index contributed by atoms with van der Waals surface area (Å²) >= 11 is 1.18. The third kappa shape index (κ3) is 3.21. The molecule has 0 radical (unpaired) electrons. The van der Waals surface area contributed by atoms with Crippen LogP contribution in [0, 0.1) is 0 Å². The Morgan fingerprint density at radius 2 is 2.21 bits per heavy atom. The van der Waals surface area contributed by atoms with Gasteiger partial charge >= 0.3 is 5.97 Å². The minimum atomic E-state index is -1.19. The van der Waals surface area contributed by atoms with Crippen LogP contribution < -0.4 is 5.32 Å². The number of hydrogen-bond acceptors (Lipinski definition) is 4. The lowest BCUT2D eigenvalue weighted by Crippen LogP contribution is -2.36. The summed E-state index contributed by atoms with van der Waals surface area (Å²) in [7, 11) is 0. The Labute approximate surface area is 84.6 Å². The molecule has 0 bridgehead atoms. The first-order valence-electron chi connectivity index (χ1n) is 3.98. The lowest BCUT2D eigenvalue weighted by Gasteiger charge is -2.06. The van der Waals surface area contributed by atoms with Gasteiger partial charge in [0.05, 0.1) is 6.04 Å². The molecule has 14 heavy (non-hydrogen) atoms. The first-order chi connectivity index (χ1) is 6.59. The second-order valence-electron chi connectivity index (χ2n) is 2.69. The third-order valence-corrected chi connectivity index (χ3v) is 2.64. The van der Waals surface area contributed by atoms with Crippen LogP contribution in [0.15, 0.2) is 12.2 Å². The number of rotatable bonds is 3. The molecule has 1 unspecified atom stereocenters. The summed E-state index contributed by atoms with van der Waals surface area (Å²) < 4.78 is 0. The first-order valence-corrected chi connectivity index (χ1v) is 4.96. The van der Waals surface area contributed by atoms with Crippen molar-refractivity contribution < 1.29 is 19.5 Å². The van der Waals surface area contributed by atoms with Gasteiger partial charge < -0.3 is 10.4 Å². The number of carbonyl (C=O) groups excluding carboxylic acids is 2. The standard InChI is InChI=1S/C8H9NO4S/c10-6(1-2-7(11)12)9-5-3-4-14-8(5)13/h1-2,5H,3-4H2,(H,9,10)(H,11,12). The van der Waals surface area contributed by atoms with Crippen molar-refractivity contribution in [2.75, 3.05) is 5.75 Å². The molecule has 1 rings (SSSR count). The minimum absolute atomic E-state index is 0.0675. The van der Waals surface area contributed by atoms with E-state index in [4.69, 9.17) is 5.11 Å². The van der Waals surface area contributed by atoms with Gasteiger partial charge in [-0.1, -0.05) is 11.8 Å². The van der Waals surface area contributed by atoms with Crippen molar-refractivity contribution in [1.82, 2.24) is 5.32 Å². The van der Waals surface area contributed by atoms with Crippen LogP contribution in [0.1, 0.15) is 6.42 Å². The highest BCUT2D eigenvalue weighted by atomic mass is 32.2. The smallest absolute Gasteiger partial charge is 0.328 e. The molecule has 0 aromatic heterocycles. The number of aliphatic carboxylic acids is 1. The van der Waals surface area contributed by atoms with Crippen molar-refractivity contribution in [1.29, 1.82) is 0 Å². The average Bonchev–Trinajstić information content (AvgIpc) is 2.49. The van der Waals surface area contributed by atoms with Crippen LogP contribution in [0.5, 0.6) is 0 Å². The predicted octanol–water partition coefficient (Wildman–Crippen LogP) is -0.224. The molecule has 76 valence electrons. The van der Waals surface area contributed by atoms with Gasteiger partial charge in [0, 0.05) is 17.9 Å². The summed E-state index contributed by atoms with van der Waals surface area (Å²) in [6.07, 6.45) is 2.25. The Hall–Kier alpha value is -1.30. The molecule has 1 fully saturated rings. The number of carboxylic acid groups (broad SMARTS) is 1. The molecular formula is C8H9NO4S. The normalized spacial score (nSPS) is 21.4. The van der Waals surface area contributed by atoms with Crippen LogP contribution >= 0.6 is 11.8 Å². The van der Waals surface area contributed by atoms with Crippen molar-refractivity contribution in [3.63, 3.8) is 0 Å². The number of carboxylic acids is 1. The molecule has 1 aliphatic heterocycles. The van der Waals surface area contributed by atoms with Gasteiger partial charge in [-0.3, -0.25) is 9.59 Å². The lowest BCUT2D eigenvalue weighted by atomic mass is 10.2. The molecule has 5 nitrogen and oxygen atoms in total. The van der Waals surface area contributed by atoms with E-state index in [1.165, 1.54) is 11.8 Å². The van der Waals surface area contributed by atoms with E-state index in [0.29, 0.717) is 12.2 Å². The van der Waals surface area contributed by atoms with Crippen molar-refractivity contribution in [3.05, 3.63) is 12.2 Å². The summed E-state index contributed by atoms with van der Waals surface area (Å²) in [5, 5.41) is 10.6. The summed E-state index contributed by atoms with van der Waals surface area (Å²) in [5.74, 6) is -1.03. The van der Waals surface area contributed by atoms with Gasteiger partial charge in [0.2, 0.25) is 11.0 Å². The highest BCUT2D eigenvalue weighted by Gasteiger charge is 2.25. The van der Waals surface area contributed by atoms with Crippen LogP contribution in [0.3, 0.4) is 0 Å². The molecule has 2 N–H and O–H groups in total. The zero-order chi connectivity index (χ0) is 10.6. The Kier molecular flexibility index (Phi) is 3.70. The van der Waals surface area contributed by atoms with Gasteiger partial charge in [-0.05, 0) is 6.42 Å². The van der Waals surface area contributed by atoms with E-state index in [1.54, 1.807) is 0 Å². The zero-order valence-electron chi connectivity index (χ0n) is 7.23. The van der Waals surface area contributed by atoms with Gasteiger partial charge in [-0.15, -0.1) is 0 Å². The molecule has 0 aromatic carbocycles. The molecule has 1 amide bonds. The molecule has 0 saturated carbocycles. The third-order valence-electron chi connectivity index (χ3n) is 1.63. The van der Waals surface area contributed by atoms with Gasteiger partial charge in [0.1, 0.15) is 0 Å². The van der Waals surface area contributed by atoms with Crippen molar-refractivity contribution in [2.45, 2.75) is 12.5 Å². The average molecular weight is 215 g/mol. The Balaban J connectivity index is 2.40. The predicted molar refractivity (Wildman–Crippen MR) is 50.8 cm³/mol. The van der Waals surface area contributed by atoms with E-state index in [-0.39, 0.29) is 5.12 Å². The van der Waals surface area contributed by atoms with E-state index in [0.717, 1.165) is 12.2 Å². The first kappa shape index (κ1) is 10.8. The maximum atomic E-state index is 11.1. The van der Waals surface area contributed by atoms with Gasteiger partial charge in [-0.2, -0.15) is 0 Å². The lowest BCUT2D eigenvalue weighted by molar-refractivity contribution is -0.131. The van der Waals surface area contributed by atoms with E-state index in [2.05, 4.69) is 5.32 Å². The largest absolute Gasteiger partial charge is 0.478 e. The Morgan fingerprint density at radius 1 is 1.50 bits per heavy atom. The molecule has 6 heteroatoms. The van der Waals surface area contributed by atoms with E-state index < -0.39 is 17.9 Å². The number of nitrogens with one attached hydrogen (secondary N) is 1. The molecule has 1 heterocycles. The van der Waals surface area contributed by atoms with E-state index in [9.17, 15) is 14.4 Å². The van der Waals surface area contributed by atoms with Crippen LogP contribution in [-0.2, 0) is 14.4 Å². The summed E-state index contributed by atoms with van der Waals surface area (Å²) in [6, 6.07) is -0.467. The maximum Gasteiger partial charge on any atom is 0.328 e. The van der Waals surface area contributed by atoms with Crippen molar-refractivity contribution in [2.24, 2.45) is 0 Å². The number of thioether (sulfide) groups is 1. The Morgan fingerprint density at radius 3 is 2.71 bits per heavy atom. The fourth-order valence-electron chi connectivity index (χ4n) is 0.994. The van der Waals surface area contributed by atoms with Crippen LogP contribution in [0.2, 0.25) is 0 Å². The quantitative estimate of drug-likeness (QED) is 0.636. The van der Waals surface area contributed by atoms with E-state index >= 15 is 0 Å². The van der Waals surface area contributed by atoms with E-state index in [1.807, 2.05) is 0 Å². The van der Waals surface area contributed by atoms with Gasteiger partial charge in [0.15, 0.2) is 0 Å². The highest BCUT2D eigenvalue weighted by molar-refractivity contribution is 8.14. The second-order valence-corrected chi connectivity index (χ2v) is 3.79. The van der Waals surface area contributed by atoms with Crippen LogP contribution in [0.25, 0.3) is 0 Å². The molecule has 1 saturated heterocycles.